The number of hydrogen-bond acceptors (Lipinski definition) is 2. The smallest absolute Gasteiger partial charge is 0.225 e. The van der Waals surface area contributed by atoms with E-state index in [9.17, 15) is 4.79 Å². The Bertz CT molecular complexity index is 433. The molecule has 0 N–H and O–H groups in total. The summed E-state index contributed by atoms with van der Waals surface area (Å²) in [6.45, 7) is 9.21. The van der Waals surface area contributed by atoms with Crippen LogP contribution in [-0.2, 0) is 16.0 Å². The normalized spacial score (nSPS) is 17.3. The van der Waals surface area contributed by atoms with E-state index < -0.39 is 0 Å². The van der Waals surface area contributed by atoms with Gasteiger partial charge in [-0.05, 0) is 23.5 Å². The Labute approximate surface area is 121 Å². The third kappa shape index (κ3) is 3.83. The maximum Gasteiger partial charge on any atom is 0.225 e. The molecule has 0 spiro atoms. The molecular formula is C17H25NO2. The molecule has 110 valence electrons. The van der Waals surface area contributed by atoms with E-state index in [-0.39, 0.29) is 11.8 Å². The molecule has 0 aromatic heterocycles. The Morgan fingerprint density at radius 3 is 2.30 bits per heavy atom. The van der Waals surface area contributed by atoms with Gasteiger partial charge in [-0.2, -0.15) is 0 Å². The van der Waals surface area contributed by atoms with Gasteiger partial charge in [0, 0.05) is 19.0 Å². The lowest BCUT2D eigenvalue weighted by atomic mass is 9.96. The summed E-state index contributed by atoms with van der Waals surface area (Å²) in [5, 5.41) is 0. The van der Waals surface area contributed by atoms with Crippen LogP contribution < -0.4 is 0 Å². The molecule has 1 aromatic rings. The van der Waals surface area contributed by atoms with E-state index in [1.165, 1.54) is 11.1 Å². The quantitative estimate of drug-likeness (QED) is 0.845. The van der Waals surface area contributed by atoms with Crippen molar-refractivity contribution >= 4 is 5.91 Å². The van der Waals surface area contributed by atoms with Gasteiger partial charge in [0.2, 0.25) is 5.91 Å². The average molecular weight is 275 g/mol. The summed E-state index contributed by atoms with van der Waals surface area (Å²) in [5.74, 6) is 0.843. The summed E-state index contributed by atoms with van der Waals surface area (Å²) in [5.41, 5.74) is 2.59. The van der Waals surface area contributed by atoms with E-state index in [0.717, 1.165) is 19.5 Å². The summed E-state index contributed by atoms with van der Waals surface area (Å²) >= 11 is 0. The first kappa shape index (κ1) is 15.0. The number of morpholine rings is 1. The highest BCUT2D eigenvalue weighted by Crippen LogP contribution is 2.17. The van der Waals surface area contributed by atoms with Crippen LogP contribution in [0, 0.1) is 5.92 Å². The molecule has 1 aliphatic rings. The number of ether oxygens (including phenoxy) is 1. The van der Waals surface area contributed by atoms with Crippen LogP contribution in [0.4, 0.5) is 0 Å². The molecule has 1 aromatic carbocycles. The molecule has 1 saturated heterocycles. The molecule has 2 rings (SSSR count). The number of rotatable bonds is 4. The largest absolute Gasteiger partial charge is 0.378 e. The Kier molecular flexibility index (Phi) is 5.18. The fourth-order valence-electron chi connectivity index (χ4n) is 2.57. The van der Waals surface area contributed by atoms with Crippen molar-refractivity contribution in [3.8, 4) is 0 Å². The third-order valence-corrected chi connectivity index (χ3v) is 3.93. The van der Waals surface area contributed by atoms with Crippen LogP contribution in [0.15, 0.2) is 24.3 Å². The number of nitrogens with zero attached hydrogens (tertiary/aromatic N) is 1. The first-order valence-electron chi connectivity index (χ1n) is 7.53. The summed E-state index contributed by atoms with van der Waals surface area (Å²) in [6, 6.07) is 8.65. The molecule has 1 unspecified atom stereocenters. The van der Waals surface area contributed by atoms with Gasteiger partial charge < -0.3 is 9.64 Å². The molecule has 1 heterocycles. The van der Waals surface area contributed by atoms with Crippen molar-refractivity contribution in [2.75, 3.05) is 26.3 Å². The summed E-state index contributed by atoms with van der Waals surface area (Å²) in [7, 11) is 0. The Balaban J connectivity index is 1.92. The Hall–Kier alpha value is -1.35. The van der Waals surface area contributed by atoms with Crippen molar-refractivity contribution in [2.45, 2.75) is 33.1 Å². The van der Waals surface area contributed by atoms with E-state index in [1.54, 1.807) is 0 Å². The van der Waals surface area contributed by atoms with Crippen LogP contribution in [-0.4, -0.2) is 37.1 Å². The maximum absolute atomic E-state index is 12.3. The second-order valence-corrected chi connectivity index (χ2v) is 5.94. The lowest BCUT2D eigenvalue weighted by Crippen LogP contribution is -2.43. The molecule has 0 bridgehead atoms. The van der Waals surface area contributed by atoms with Crippen molar-refractivity contribution in [3.63, 3.8) is 0 Å². The topological polar surface area (TPSA) is 29.5 Å². The average Bonchev–Trinajstić information content (AvgIpc) is 2.48. The van der Waals surface area contributed by atoms with E-state index >= 15 is 0 Å². The molecule has 0 aliphatic carbocycles. The minimum Gasteiger partial charge on any atom is -0.378 e. The molecule has 1 aliphatic heterocycles. The van der Waals surface area contributed by atoms with Crippen molar-refractivity contribution in [2.24, 2.45) is 5.92 Å². The monoisotopic (exact) mass is 275 g/mol. The van der Waals surface area contributed by atoms with Gasteiger partial charge in [-0.25, -0.2) is 0 Å². The van der Waals surface area contributed by atoms with Crippen molar-refractivity contribution < 1.29 is 9.53 Å². The molecule has 1 atom stereocenters. The number of amides is 1. The van der Waals surface area contributed by atoms with Crippen LogP contribution >= 0.6 is 0 Å². The lowest BCUT2D eigenvalue weighted by molar-refractivity contribution is -0.139. The zero-order chi connectivity index (χ0) is 14.5. The van der Waals surface area contributed by atoms with E-state index in [4.69, 9.17) is 4.74 Å². The number of hydrogen-bond donors (Lipinski definition) is 0. The van der Waals surface area contributed by atoms with Crippen LogP contribution in [0.5, 0.6) is 0 Å². The first-order valence-corrected chi connectivity index (χ1v) is 7.53. The van der Waals surface area contributed by atoms with Crippen molar-refractivity contribution in [1.82, 2.24) is 4.90 Å². The number of benzene rings is 1. The standard InChI is InChI=1S/C17H25NO2/c1-13(2)16-6-4-15(5-7-16)12-14(3)17(19)18-8-10-20-11-9-18/h4-7,13-14H,8-12H2,1-3H3. The van der Waals surface area contributed by atoms with Crippen LogP contribution in [0.25, 0.3) is 0 Å². The zero-order valence-corrected chi connectivity index (χ0v) is 12.8. The summed E-state index contributed by atoms with van der Waals surface area (Å²) in [4.78, 5) is 14.3. The van der Waals surface area contributed by atoms with Gasteiger partial charge in [0.1, 0.15) is 0 Å². The molecule has 0 saturated carbocycles. The summed E-state index contributed by atoms with van der Waals surface area (Å²) < 4.78 is 5.29. The molecule has 1 fully saturated rings. The highest BCUT2D eigenvalue weighted by Gasteiger charge is 2.22. The Morgan fingerprint density at radius 2 is 1.75 bits per heavy atom. The zero-order valence-electron chi connectivity index (χ0n) is 12.8. The lowest BCUT2D eigenvalue weighted by Gasteiger charge is -2.29. The van der Waals surface area contributed by atoms with E-state index in [0.29, 0.717) is 19.1 Å². The predicted molar refractivity (Wildman–Crippen MR) is 80.8 cm³/mol. The molecule has 20 heavy (non-hydrogen) atoms. The van der Waals surface area contributed by atoms with Crippen molar-refractivity contribution in [1.29, 1.82) is 0 Å². The SMILES string of the molecule is CC(Cc1ccc(C(C)C)cc1)C(=O)N1CCOCC1. The van der Waals surface area contributed by atoms with Crippen molar-refractivity contribution in [3.05, 3.63) is 35.4 Å². The van der Waals surface area contributed by atoms with Gasteiger partial charge in [-0.3, -0.25) is 4.79 Å². The van der Waals surface area contributed by atoms with Gasteiger partial charge in [0.15, 0.2) is 0 Å². The van der Waals surface area contributed by atoms with Crippen LogP contribution in [0.2, 0.25) is 0 Å². The molecule has 3 nitrogen and oxygen atoms in total. The maximum atomic E-state index is 12.3. The van der Waals surface area contributed by atoms with Gasteiger partial charge in [0.25, 0.3) is 0 Å². The second kappa shape index (κ2) is 6.89. The minimum atomic E-state index is 0.0398. The predicted octanol–water partition coefficient (Wildman–Crippen LogP) is 2.85. The highest BCUT2D eigenvalue weighted by atomic mass is 16.5. The van der Waals surface area contributed by atoms with Crippen LogP contribution in [0.3, 0.4) is 0 Å². The van der Waals surface area contributed by atoms with E-state index in [2.05, 4.69) is 38.1 Å². The van der Waals surface area contributed by atoms with Gasteiger partial charge in [-0.1, -0.05) is 45.0 Å². The molecule has 1 amide bonds. The number of carbonyl (C=O) groups is 1. The fraction of sp³-hybridized carbons (Fsp3) is 0.588. The summed E-state index contributed by atoms with van der Waals surface area (Å²) in [6.07, 6.45) is 0.814. The molecular weight excluding hydrogens is 250 g/mol. The fourth-order valence-corrected chi connectivity index (χ4v) is 2.57. The molecule has 3 heteroatoms. The second-order valence-electron chi connectivity index (χ2n) is 5.94. The van der Waals surface area contributed by atoms with Gasteiger partial charge in [0.05, 0.1) is 13.2 Å². The van der Waals surface area contributed by atoms with Gasteiger partial charge >= 0.3 is 0 Å². The van der Waals surface area contributed by atoms with Crippen LogP contribution in [0.1, 0.15) is 37.8 Å². The Morgan fingerprint density at radius 1 is 1.15 bits per heavy atom. The number of carbonyl (C=O) groups excluding carboxylic acids is 1. The molecule has 0 radical (unpaired) electrons. The van der Waals surface area contributed by atoms with Gasteiger partial charge in [-0.15, -0.1) is 0 Å². The van der Waals surface area contributed by atoms with E-state index in [1.807, 2.05) is 11.8 Å². The third-order valence-electron chi connectivity index (χ3n) is 3.93. The highest BCUT2D eigenvalue weighted by molar-refractivity contribution is 5.78. The first-order chi connectivity index (χ1) is 9.58. The minimum absolute atomic E-state index is 0.0398.